The molecule has 1 rings (SSSR count). The monoisotopic (exact) mass is 316 g/mol. The van der Waals surface area contributed by atoms with Crippen LogP contribution >= 0.6 is 0 Å². The molecule has 2 amide bonds. The maximum atomic E-state index is 11.9. The molecule has 0 bridgehead atoms. The van der Waals surface area contributed by atoms with Gasteiger partial charge in [-0.3, -0.25) is 0 Å². The van der Waals surface area contributed by atoms with Gasteiger partial charge in [0.05, 0.1) is 11.8 Å². The van der Waals surface area contributed by atoms with E-state index in [4.69, 9.17) is 4.42 Å². The normalized spacial score (nSPS) is 14.5. The van der Waals surface area contributed by atoms with Gasteiger partial charge >= 0.3 is 6.03 Å². The number of carbonyl (C=O) groups excluding carboxylic acids is 1. The molecule has 0 radical (unpaired) electrons. The highest BCUT2D eigenvalue weighted by Crippen LogP contribution is 2.20. The molecule has 0 aliphatic rings. The van der Waals surface area contributed by atoms with Crippen molar-refractivity contribution in [2.24, 2.45) is 0 Å². The van der Waals surface area contributed by atoms with Crippen LogP contribution in [0.15, 0.2) is 10.5 Å². The van der Waals surface area contributed by atoms with Crippen molar-refractivity contribution in [2.45, 2.75) is 46.2 Å². The fourth-order valence-electron chi connectivity index (χ4n) is 2.08. The predicted molar refractivity (Wildman–Crippen MR) is 82.1 cm³/mol. The number of aryl methyl sites for hydroxylation is 2. The maximum Gasteiger partial charge on any atom is 0.315 e. The molecule has 1 heterocycles. The number of sulfone groups is 1. The molecule has 0 aliphatic heterocycles. The van der Waals surface area contributed by atoms with Gasteiger partial charge in [-0.2, -0.15) is 0 Å². The van der Waals surface area contributed by atoms with Crippen molar-refractivity contribution in [2.75, 3.05) is 12.0 Å². The van der Waals surface area contributed by atoms with E-state index in [0.29, 0.717) is 6.42 Å². The van der Waals surface area contributed by atoms with Crippen LogP contribution in [0, 0.1) is 13.8 Å². The minimum absolute atomic E-state index is 0.0596. The Morgan fingerprint density at radius 1 is 1.29 bits per heavy atom. The summed E-state index contributed by atoms with van der Waals surface area (Å²) in [6.07, 6.45) is 1.58. The van der Waals surface area contributed by atoms with E-state index in [0.717, 1.165) is 17.1 Å². The Hall–Kier alpha value is -1.50. The summed E-state index contributed by atoms with van der Waals surface area (Å²) in [6.45, 7) is 7.37. The Kier molecular flexibility index (Phi) is 5.83. The van der Waals surface area contributed by atoms with Gasteiger partial charge in [0.15, 0.2) is 0 Å². The van der Waals surface area contributed by atoms with Crippen LogP contribution in [0.3, 0.4) is 0 Å². The third kappa shape index (κ3) is 6.20. The summed E-state index contributed by atoms with van der Waals surface area (Å²) in [5.74, 6) is 1.65. The zero-order valence-electron chi connectivity index (χ0n) is 13.2. The van der Waals surface area contributed by atoms with E-state index in [-0.39, 0.29) is 23.9 Å². The van der Waals surface area contributed by atoms with Crippen molar-refractivity contribution in [3.63, 3.8) is 0 Å². The highest BCUT2D eigenvalue weighted by molar-refractivity contribution is 7.90. The van der Waals surface area contributed by atoms with Crippen LogP contribution < -0.4 is 10.6 Å². The van der Waals surface area contributed by atoms with Crippen LogP contribution in [0.4, 0.5) is 4.79 Å². The van der Waals surface area contributed by atoms with Crippen LogP contribution in [0.2, 0.25) is 0 Å². The first-order valence-corrected chi connectivity index (χ1v) is 8.96. The third-order valence-electron chi connectivity index (χ3n) is 3.19. The summed E-state index contributed by atoms with van der Waals surface area (Å²) in [4.78, 5) is 11.9. The number of rotatable bonds is 6. The van der Waals surface area contributed by atoms with E-state index in [1.54, 1.807) is 6.92 Å². The lowest BCUT2D eigenvalue weighted by molar-refractivity contribution is 0.234. The molecule has 1 aromatic rings. The molecule has 1 aromatic heterocycles. The van der Waals surface area contributed by atoms with E-state index in [2.05, 4.69) is 10.6 Å². The number of furan rings is 1. The number of hydrogen-bond donors (Lipinski definition) is 2. The van der Waals surface area contributed by atoms with Gasteiger partial charge in [0.2, 0.25) is 0 Å². The molecule has 0 saturated carbocycles. The molecule has 6 nitrogen and oxygen atoms in total. The lowest BCUT2D eigenvalue weighted by Gasteiger charge is -2.17. The fraction of sp³-hybridized carbons (Fsp3) is 0.643. The minimum Gasteiger partial charge on any atom is -0.466 e. The van der Waals surface area contributed by atoms with Crippen molar-refractivity contribution in [3.05, 3.63) is 23.2 Å². The average molecular weight is 316 g/mol. The van der Waals surface area contributed by atoms with E-state index in [1.807, 2.05) is 26.8 Å². The molecule has 0 aromatic carbocycles. The molecule has 0 saturated heterocycles. The zero-order chi connectivity index (χ0) is 16.2. The van der Waals surface area contributed by atoms with Gasteiger partial charge in [-0.15, -0.1) is 0 Å². The molecule has 21 heavy (non-hydrogen) atoms. The number of amides is 2. The van der Waals surface area contributed by atoms with Gasteiger partial charge in [0.25, 0.3) is 0 Å². The van der Waals surface area contributed by atoms with Gasteiger partial charge in [-0.05, 0) is 40.2 Å². The Balaban J connectivity index is 2.48. The lowest BCUT2D eigenvalue weighted by atomic mass is 10.1. The highest BCUT2D eigenvalue weighted by atomic mass is 32.2. The summed E-state index contributed by atoms with van der Waals surface area (Å²) in [5.41, 5.74) is 0.937. The fourth-order valence-corrected chi connectivity index (χ4v) is 2.86. The Morgan fingerprint density at radius 3 is 2.38 bits per heavy atom. The topological polar surface area (TPSA) is 88.4 Å². The number of nitrogens with one attached hydrogen (secondary N) is 2. The Labute approximate surface area is 126 Å². The first-order valence-electron chi connectivity index (χ1n) is 6.90. The van der Waals surface area contributed by atoms with Crippen molar-refractivity contribution in [1.29, 1.82) is 0 Å². The Morgan fingerprint density at radius 2 is 1.90 bits per heavy atom. The van der Waals surface area contributed by atoms with Crippen LogP contribution in [0.1, 0.15) is 43.4 Å². The van der Waals surface area contributed by atoms with Crippen molar-refractivity contribution < 1.29 is 17.6 Å². The second kappa shape index (κ2) is 6.98. The van der Waals surface area contributed by atoms with Gasteiger partial charge in [-0.1, -0.05) is 0 Å². The van der Waals surface area contributed by atoms with E-state index in [9.17, 15) is 13.2 Å². The van der Waals surface area contributed by atoms with E-state index < -0.39 is 9.84 Å². The first-order chi connectivity index (χ1) is 9.58. The second-order valence-electron chi connectivity index (χ2n) is 5.53. The SMILES string of the molecule is Cc1cc(C(C)NC(=O)NC(C)CCS(C)(=O)=O)c(C)o1. The molecule has 0 aliphatic carbocycles. The molecule has 7 heteroatoms. The largest absolute Gasteiger partial charge is 0.466 e. The van der Waals surface area contributed by atoms with Crippen LogP contribution in [0.5, 0.6) is 0 Å². The average Bonchev–Trinajstić information content (AvgIpc) is 2.65. The quantitative estimate of drug-likeness (QED) is 0.841. The molecule has 120 valence electrons. The van der Waals surface area contributed by atoms with E-state index in [1.165, 1.54) is 6.26 Å². The third-order valence-corrected chi connectivity index (χ3v) is 4.17. The number of carbonyl (C=O) groups is 1. The van der Waals surface area contributed by atoms with Gasteiger partial charge in [0.1, 0.15) is 21.4 Å². The smallest absolute Gasteiger partial charge is 0.315 e. The van der Waals surface area contributed by atoms with Crippen LogP contribution in [-0.2, 0) is 9.84 Å². The standard InChI is InChI=1S/C14H24N2O4S/c1-9(6-7-21(5,18)19)15-14(17)16-11(3)13-8-10(2)20-12(13)4/h8-9,11H,6-7H2,1-5H3,(H2,15,16,17). The molecule has 0 spiro atoms. The summed E-state index contributed by atoms with van der Waals surface area (Å²) >= 11 is 0. The summed E-state index contributed by atoms with van der Waals surface area (Å²) in [6, 6.07) is 1.19. The predicted octanol–water partition coefficient (Wildman–Crippen LogP) is 2.08. The number of hydrogen-bond acceptors (Lipinski definition) is 4. The van der Waals surface area contributed by atoms with Crippen molar-refractivity contribution >= 4 is 15.9 Å². The van der Waals surface area contributed by atoms with Gasteiger partial charge in [0, 0.05) is 17.9 Å². The summed E-state index contributed by atoms with van der Waals surface area (Å²) in [5, 5.41) is 5.55. The second-order valence-corrected chi connectivity index (χ2v) is 7.79. The highest BCUT2D eigenvalue weighted by Gasteiger charge is 2.16. The molecule has 2 N–H and O–H groups in total. The van der Waals surface area contributed by atoms with Crippen LogP contribution in [0.25, 0.3) is 0 Å². The zero-order valence-corrected chi connectivity index (χ0v) is 14.0. The van der Waals surface area contributed by atoms with Gasteiger partial charge < -0.3 is 15.1 Å². The molecule has 0 fully saturated rings. The summed E-state index contributed by atoms with van der Waals surface area (Å²) in [7, 11) is -3.01. The van der Waals surface area contributed by atoms with Gasteiger partial charge in [-0.25, -0.2) is 13.2 Å². The lowest BCUT2D eigenvalue weighted by Crippen LogP contribution is -2.42. The van der Waals surface area contributed by atoms with Crippen molar-refractivity contribution in [3.8, 4) is 0 Å². The van der Waals surface area contributed by atoms with Crippen LogP contribution in [-0.4, -0.2) is 32.5 Å². The minimum atomic E-state index is -3.01. The molecule has 2 unspecified atom stereocenters. The molecular formula is C14H24N2O4S. The first kappa shape index (κ1) is 17.6. The molecule has 2 atom stereocenters. The maximum absolute atomic E-state index is 11.9. The summed E-state index contributed by atoms with van der Waals surface area (Å²) < 4.78 is 27.6. The number of urea groups is 1. The van der Waals surface area contributed by atoms with E-state index >= 15 is 0 Å². The Bertz CT molecular complexity index is 592. The van der Waals surface area contributed by atoms with Crippen molar-refractivity contribution in [1.82, 2.24) is 10.6 Å². The molecular weight excluding hydrogens is 292 g/mol.